The van der Waals surface area contributed by atoms with Gasteiger partial charge in [0.15, 0.2) is 0 Å². The molecule has 1 aliphatic carbocycles. The van der Waals surface area contributed by atoms with Crippen molar-refractivity contribution in [3.05, 3.63) is 24.3 Å². The molecule has 2 atom stereocenters. The Morgan fingerprint density at radius 3 is 2.71 bits per heavy atom. The number of Topliss-reactive ketones (excluding diaryl/α,β-unsaturated/α-hetero) is 1. The van der Waals surface area contributed by atoms with Crippen molar-refractivity contribution < 1.29 is 4.79 Å². The lowest BCUT2D eigenvalue weighted by Gasteiger charge is -2.36. The molecular formula is C15H21NO. The van der Waals surface area contributed by atoms with Crippen LogP contribution in [0.25, 0.3) is 0 Å². The zero-order valence-electron chi connectivity index (χ0n) is 10.9. The van der Waals surface area contributed by atoms with Gasteiger partial charge in [-0.15, -0.1) is 0 Å². The van der Waals surface area contributed by atoms with E-state index in [2.05, 4.69) is 19.9 Å². The van der Waals surface area contributed by atoms with Gasteiger partial charge in [-0.25, -0.2) is 0 Å². The minimum Gasteiger partial charge on any atom is -0.299 e. The molecule has 0 amide bonds. The van der Waals surface area contributed by atoms with Crippen molar-refractivity contribution in [3.8, 4) is 6.07 Å². The van der Waals surface area contributed by atoms with Gasteiger partial charge >= 0.3 is 0 Å². The number of carbonyl (C=O) groups excluding carboxylic acids is 1. The molecule has 0 aromatic carbocycles. The summed E-state index contributed by atoms with van der Waals surface area (Å²) >= 11 is 0. The molecule has 0 saturated heterocycles. The largest absolute Gasteiger partial charge is 0.299 e. The van der Waals surface area contributed by atoms with Gasteiger partial charge < -0.3 is 0 Å². The van der Waals surface area contributed by atoms with E-state index in [4.69, 9.17) is 5.26 Å². The number of rotatable bonds is 5. The van der Waals surface area contributed by atoms with Crippen LogP contribution in [0.5, 0.6) is 0 Å². The smallest absolute Gasteiger partial charge is 0.140 e. The van der Waals surface area contributed by atoms with Crippen LogP contribution in [0.1, 0.15) is 40.0 Å². The molecule has 1 aliphatic rings. The van der Waals surface area contributed by atoms with Crippen LogP contribution in [-0.2, 0) is 4.79 Å². The monoisotopic (exact) mass is 231 g/mol. The molecule has 92 valence electrons. The van der Waals surface area contributed by atoms with Gasteiger partial charge in [-0.3, -0.25) is 4.79 Å². The second-order valence-corrected chi connectivity index (χ2v) is 5.24. The summed E-state index contributed by atoms with van der Waals surface area (Å²) in [5, 5.41) is 8.89. The van der Waals surface area contributed by atoms with Crippen LogP contribution in [0.15, 0.2) is 24.3 Å². The predicted molar refractivity (Wildman–Crippen MR) is 69.2 cm³/mol. The van der Waals surface area contributed by atoms with E-state index < -0.39 is 5.41 Å². The Labute approximate surface area is 104 Å². The molecule has 0 bridgehead atoms. The Kier molecular flexibility index (Phi) is 4.69. The van der Waals surface area contributed by atoms with Crippen LogP contribution < -0.4 is 0 Å². The number of allylic oxidation sites excluding steroid dienone is 4. The molecule has 0 aromatic heterocycles. The van der Waals surface area contributed by atoms with Crippen LogP contribution in [0.3, 0.4) is 0 Å². The topological polar surface area (TPSA) is 40.9 Å². The molecule has 0 saturated carbocycles. The fourth-order valence-electron chi connectivity index (χ4n) is 2.42. The first kappa shape index (κ1) is 13.7. The zero-order chi connectivity index (χ0) is 12.9. The van der Waals surface area contributed by atoms with Gasteiger partial charge in [0, 0.05) is 12.3 Å². The van der Waals surface area contributed by atoms with Crippen LogP contribution >= 0.6 is 0 Å². The average Bonchev–Trinajstić information content (AvgIpc) is 2.28. The van der Waals surface area contributed by atoms with Gasteiger partial charge in [0.1, 0.15) is 5.78 Å². The Bertz CT molecular complexity index is 373. The molecule has 0 N–H and O–H groups in total. The summed E-state index contributed by atoms with van der Waals surface area (Å²) < 4.78 is 0. The molecule has 0 heterocycles. The fourth-order valence-corrected chi connectivity index (χ4v) is 2.42. The predicted octanol–water partition coefficient (Wildman–Crippen LogP) is 3.65. The summed E-state index contributed by atoms with van der Waals surface area (Å²) in [5.41, 5.74) is -0.450. The minimum atomic E-state index is -0.450. The first-order valence-electron chi connectivity index (χ1n) is 6.27. The summed E-state index contributed by atoms with van der Waals surface area (Å²) in [5.74, 6) is 0.793. The Balaban J connectivity index is 2.95. The third-order valence-corrected chi connectivity index (χ3v) is 3.61. The first-order valence-corrected chi connectivity index (χ1v) is 6.27. The lowest BCUT2D eigenvalue weighted by atomic mass is 9.66. The second-order valence-electron chi connectivity index (χ2n) is 5.24. The van der Waals surface area contributed by atoms with E-state index >= 15 is 0 Å². The molecule has 17 heavy (non-hydrogen) atoms. The average molecular weight is 231 g/mol. The van der Waals surface area contributed by atoms with Gasteiger partial charge in [0.25, 0.3) is 0 Å². The molecule has 2 unspecified atom stereocenters. The lowest BCUT2D eigenvalue weighted by molar-refractivity contribution is -0.126. The molecule has 0 spiro atoms. The quantitative estimate of drug-likeness (QED) is 0.724. The van der Waals surface area contributed by atoms with E-state index in [0.717, 1.165) is 12.8 Å². The standard InChI is InChI=1S/C15H21NO/c1-12(2)7-10-15(13(3)17)9-5-4-6-14(15)8-11-16/h4-6,9,12,14H,7-8,10H2,1-3H3. The SMILES string of the molecule is CC(=O)C1(CCC(C)C)C=CC=CC1CC#N. The van der Waals surface area contributed by atoms with E-state index in [9.17, 15) is 4.79 Å². The maximum absolute atomic E-state index is 12.0. The fraction of sp³-hybridized carbons (Fsp3) is 0.600. The van der Waals surface area contributed by atoms with E-state index in [-0.39, 0.29) is 11.7 Å². The third-order valence-electron chi connectivity index (χ3n) is 3.61. The van der Waals surface area contributed by atoms with Crippen LogP contribution in [0.2, 0.25) is 0 Å². The van der Waals surface area contributed by atoms with E-state index in [1.54, 1.807) is 6.92 Å². The summed E-state index contributed by atoms with van der Waals surface area (Å²) in [4.78, 5) is 12.0. The van der Waals surface area contributed by atoms with Crippen molar-refractivity contribution in [1.29, 1.82) is 5.26 Å². The maximum Gasteiger partial charge on any atom is 0.140 e. The summed E-state index contributed by atoms with van der Waals surface area (Å²) in [7, 11) is 0. The summed E-state index contributed by atoms with van der Waals surface area (Å²) in [6, 6.07) is 2.20. The molecule has 0 aromatic rings. The maximum atomic E-state index is 12.0. The molecule has 1 rings (SSSR count). The zero-order valence-corrected chi connectivity index (χ0v) is 10.9. The molecule has 0 radical (unpaired) electrons. The Morgan fingerprint density at radius 1 is 1.47 bits per heavy atom. The van der Waals surface area contributed by atoms with Crippen molar-refractivity contribution in [3.63, 3.8) is 0 Å². The normalized spacial score (nSPS) is 27.1. The highest BCUT2D eigenvalue weighted by Gasteiger charge is 2.40. The number of nitriles is 1. The van der Waals surface area contributed by atoms with Crippen molar-refractivity contribution in [2.45, 2.75) is 40.0 Å². The highest BCUT2D eigenvalue weighted by molar-refractivity contribution is 5.85. The van der Waals surface area contributed by atoms with Crippen molar-refractivity contribution in [1.82, 2.24) is 0 Å². The van der Waals surface area contributed by atoms with E-state index in [0.29, 0.717) is 12.3 Å². The summed E-state index contributed by atoms with van der Waals surface area (Å²) in [6.45, 7) is 5.97. The van der Waals surface area contributed by atoms with Crippen molar-refractivity contribution in [2.24, 2.45) is 17.3 Å². The Morgan fingerprint density at radius 2 is 2.18 bits per heavy atom. The van der Waals surface area contributed by atoms with E-state index in [1.165, 1.54) is 0 Å². The van der Waals surface area contributed by atoms with Gasteiger partial charge in [0.2, 0.25) is 0 Å². The molecule has 2 nitrogen and oxygen atoms in total. The lowest BCUT2D eigenvalue weighted by Crippen LogP contribution is -2.36. The number of ketones is 1. The van der Waals surface area contributed by atoms with Crippen molar-refractivity contribution in [2.75, 3.05) is 0 Å². The highest BCUT2D eigenvalue weighted by atomic mass is 16.1. The molecule has 2 heteroatoms. The molecular weight excluding hydrogens is 210 g/mol. The highest BCUT2D eigenvalue weighted by Crippen LogP contribution is 2.41. The molecule has 0 aliphatic heterocycles. The number of hydrogen-bond donors (Lipinski definition) is 0. The van der Waals surface area contributed by atoms with Crippen LogP contribution in [-0.4, -0.2) is 5.78 Å². The van der Waals surface area contributed by atoms with Crippen LogP contribution in [0.4, 0.5) is 0 Å². The Hall–Kier alpha value is -1.36. The van der Waals surface area contributed by atoms with Gasteiger partial charge in [0.05, 0.1) is 11.5 Å². The van der Waals surface area contributed by atoms with Crippen LogP contribution in [0, 0.1) is 28.6 Å². The number of hydrogen-bond acceptors (Lipinski definition) is 2. The van der Waals surface area contributed by atoms with Crippen molar-refractivity contribution >= 4 is 5.78 Å². The van der Waals surface area contributed by atoms with Gasteiger partial charge in [-0.2, -0.15) is 5.26 Å². The molecule has 0 fully saturated rings. The first-order chi connectivity index (χ1) is 8.03. The number of nitrogens with zero attached hydrogens (tertiary/aromatic N) is 1. The van der Waals surface area contributed by atoms with E-state index in [1.807, 2.05) is 24.3 Å². The minimum absolute atomic E-state index is 0.0359. The number of carbonyl (C=O) groups is 1. The van der Waals surface area contributed by atoms with Gasteiger partial charge in [-0.05, 0) is 25.7 Å². The second kappa shape index (κ2) is 5.82. The third kappa shape index (κ3) is 3.06. The summed E-state index contributed by atoms with van der Waals surface area (Å²) in [6.07, 6.45) is 10.2. The van der Waals surface area contributed by atoms with Gasteiger partial charge in [-0.1, -0.05) is 38.2 Å².